The van der Waals surface area contributed by atoms with Gasteiger partial charge in [0.2, 0.25) is 0 Å². The van der Waals surface area contributed by atoms with Crippen molar-refractivity contribution in [1.29, 1.82) is 0 Å². The van der Waals surface area contributed by atoms with Crippen LogP contribution in [0.2, 0.25) is 0 Å². The Balaban J connectivity index is 1.59. The van der Waals surface area contributed by atoms with Crippen molar-refractivity contribution < 1.29 is 40.2 Å². The molecule has 5 rings (SSSR count). The first-order valence-corrected chi connectivity index (χ1v) is 11.3. The molecule has 0 amide bonds. The smallest absolute Gasteiger partial charge is 0.195 e. The highest BCUT2D eigenvalue weighted by Crippen LogP contribution is 2.38. The largest absolute Gasteiger partial charge is 0.348 e. The Morgan fingerprint density at radius 2 is 1.39 bits per heavy atom. The lowest BCUT2D eigenvalue weighted by atomic mass is 9.95. The Kier molecular flexibility index (Phi) is 6.38. The number of hydrogen-bond donors (Lipinski definition) is 0. The van der Waals surface area contributed by atoms with Crippen molar-refractivity contribution in [2.75, 3.05) is 13.2 Å². The molecule has 1 aliphatic heterocycles. The highest BCUT2D eigenvalue weighted by Gasteiger charge is 2.29. The molecule has 0 aliphatic carbocycles. The van der Waals surface area contributed by atoms with Crippen LogP contribution in [0.15, 0.2) is 36.4 Å². The second-order valence-electron chi connectivity index (χ2n) is 8.81. The molecule has 2 nitrogen and oxygen atoms in total. The molecule has 188 valence electrons. The van der Waals surface area contributed by atoms with Crippen LogP contribution in [-0.2, 0) is 9.47 Å². The zero-order valence-electron chi connectivity index (χ0n) is 18.9. The number of fused-ring (bicyclic) bond motifs is 2. The third-order valence-corrected chi connectivity index (χ3v) is 6.40. The van der Waals surface area contributed by atoms with Gasteiger partial charge in [0.15, 0.2) is 35.4 Å². The topological polar surface area (TPSA) is 18.5 Å². The van der Waals surface area contributed by atoms with Crippen LogP contribution in [0, 0.1) is 46.6 Å². The summed E-state index contributed by atoms with van der Waals surface area (Å²) >= 11 is 0. The zero-order chi connectivity index (χ0) is 25.7. The molecule has 0 saturated carbocycles. The molecule has 1 fully saturated rings. The molecule has 1 heterocycles. The van der Waals surface area contributed by atoms with E-state index in [-0.39, 0.29) is 33.4 Å². The van der Waals surface area contributed by atoms with Gasteiger partial charge < -0.3 is 9.47 Å². The number of halogens is 7. The standard InChI is InChI=1S/C27H19F7O2/c1-2-3-12-10-35-27(36-11-12)17-7-13-4-5-16(22(30)21(13)26(34)23(17)31)14-6-15-9-19(29)24(32)25(33)20(15)18(28)8-14/h4-9,12,27H,2-3,10-11H2,1H3. The minimum atomic E-state index is -1.84. The lowest BCUT2D eigenvalue weighted by Crippen LogP contribution is -2.27. The van der Waals surface area contributed by atoms with E-state index in [0.717, 1.165) is 18.9 Å². The quantitative estimate of drug-likeness (QED) is 0.205. The highest BCUT2D eigenvalue weighted by atomic mass is 19.2. The van der Waals surface area contributed by atoms with Crippen LogP contribution in [-0.4, -0.2) is 13.2 Å². The molecular formula is C27H19F7O2. The molecule has 0 spiro atoms. The van der Waals surface area contributed by atoms with E-state index in [1.807, 2.05) is 6.92 Å². The van der Waals surface area contributed by atoms with Gasteiger partial charge in [-0.15, -0.1) is 0 Å². The van der Waals surface area contributed by atoms with Crippen LogP contribution in [0.5, 0.6) is 0 Å². The Morgan fingerprint density at radius 3 is 2.08 bits per heavy atom. The predicted molar refractivity (Wildman–Crippen MR) is 120 cm³/mol. The third kappa shape index (κ3) is 4.00. The molecule has 0 unspecified atom stereocenters. The van der Waals surface area contributed by atoms with Crippen LogP contribution in [0.3, 0.4) is 0 Å². The third-order valence-electron chi connectivity index (χ3n) is 6.40. The molecule has 0 bridgehead atoms. The molecule has 4 aromatic rings. The maximum absolute atomic E-state index is 15.5. The molecule has 0 N–H and O–H groups in total. The van der Waals surface area contributed by atoms with E-state index >= 15 is 8.78 Å². The molecule has 0 aromatic heterocycles. The van der Waals surface area contributed by atoms with Crippen LogP contribution in [0.25, 0.3) is 32.7 Å². The SMILES string of the molecule is CCCC1COC(c2cc3ccc(-c4cc(F)c5c(F)c(F)c(F)cc5c4)c(F)c3c(F)c2F)OC1. The van der Waals surface area contributed by atoms with Gasteiger partial charge in [-0.3, -0.25) is 0 Å². The number of hydrogen-bond acceptors (Lipinski definition) is 2. The molecule has 0 radical (unpaired) electrons. The molecule has 0 atom stereocenters. The van der Waals surface area contributed by atoms with Crippen molar-refractivity contribution in [2.24, 2.45) is 5.92 Å². The molecule has 1 saturated heterocycles. The maximum Gasteiger partial charge on any atom is 0.195 e. The summed E-state index contributed by atoms with van der Waals surface area (Å²) in [7, 11) is 0. The van der Waals surface area contributed by atoms with Crippen molar-refractivity contribution in [1.82, 2.24) is 0 Å². The van der Waals surface area contributed by atoms with Crippen LogP contribution in [0.1, 0.15) is 31.6 Å². The summed E-state index contributed by atoms with van der Waals surface area (Å²) in [6, 6.07) is 6.05. The lowest BCUT2D eigenvalue weighted by molar-refractivity contribution is -0.207. The normalized spacial score (nSPS) is 18.3. The summed E-state index contributed by atoms with van der Waals surface area (Å²) in [5, 5.41) is -1.86. The van der Waals surface area contributed by atoms with Crippen molar-refractivity contribution in [3.63, 3.8) is 0 Å². The van der Waals surface area contributed by atoms with E-state index in [9.17, 15) is 22.0 Å². The fraction of sp³-hybridized carbons (Fsp3) is 0.259. The molecule has 9 heteroatoms. The van der Waals surface area contributed by atoms with Gasteiger partial charge in [0.1, 0.15) is 11.6 Å². The van der Waals surface area contributed by atoms with E-state index in [2.05, 4.69) is 0 Å². The van der Waals surface area contributed by atoms with E-state index in [1.54, 1.807) is 0 Å². The Labute approximate surface area is 201 Å². The van der Waals surface area contributed by atoms with E-state index in [0.29, 0.717) is 25.3 Å². The summed E-state index contributed by atoms with van der Waals surface area (Å²) in [4.78, 5) is 0. The zero-order valence-corrected chi connectivity index (χ0v) is 18.9. The maximum atomic E-state index is 15.5. The van der Waals surface area contributed by atoms with Gasteiger partial charge in [-0.2, -0.15) is 0 Å². The number of rotatable bonds is 4. The van der Waals surface area contributed by atoms with E-state index in [1.165, 1.54) is 18.2 Å². The number of benzene rings is 4. The minimum Gasteiger partial charge on any atom is -0.348 e. The minimum absolute atomic E-state index is 0.00783. The van der Waals surface area contributed by atoms with Gasteiger partial charge in [0, 0.05) is 17.0 Å². The first kappa shape index (κ1) is 24.5. The van der Waals surface area contributed by atoms with Crippen molar-refractivity contribution >= 4 is 21.5 Å². The van der Waals surface area contributed by atoms with Gasteiger partial charge in [0.25, 0.3) is 0 Å². The second kappa shape index (κ2) is 9.37. The summed E-state index contributed by atoms with van der Waals surface area (Å²) in [5.74, 6) is -10.3. The summed E-state index contributed by atoms with van der Waals surface area (Å²) < 4.78 is 113. The van der Waals surface area contributed by atoms with Crippen molar-refractivity contribution in [3.8, 4) is 11.1 Å². The monoisotopic (exact) mass is 508 g/mol. The average Bonchev–Trinajstić information content (AvgIpc) is 2.85. The van der Waals surface area contributed by atoms with E-state index in [4.69, 9.17) is 9.47 Å². The van der Waals surface area contributed by atoms with Crippen LogP contribution >= 0.6 is 0 Å². The summed E-state index contributed by atoms with van der Waals surface area (Å²) in [5.41, 5.74) is -0.756. The summed E-state index contributed by atoms with van der Waals surface area (Å²) in [6.07, 6.45) is 0.628. The molecule has 4 aromatic carbocycles. The lowest BCUT2D eigenvalue weighted by Gasteiger charge is -2.30. The van der Waals surface area contributed by atoms with Crippen LogP contribution < -0.4 is 0 Å². The Bertz CT molecular complexity index is 1490. The summed E-state index contributed by atoms with van der Waals surface area (Å²) in [6.45, 7) is 2.63. The van der Waals surface area contributed by atoms with Crippen molar-refractivity contribution in [3.05, 3.63) is 82.7 Å². The number of ether oxygens (including phenoxy) is 2. The van der Waals surface area contributed by atoms with Gasteiger partial charge in [-0.25, -0.2) is 30.7 Å². The molecule has 36 heavy (non-hydrogen) atoms. The molecule has 1 aliphatic rings. The fourth-order valence-electron chi connectivity index (χ4n) is 4.64. The van der Waals surface area contributed by atoms with E-state index < -0.39 is 57.8 Å². The first-order chi connectivity index (χ1) is 17.2. The van der Waals surface area contributed by atoms with Crippen LogP contribution in [0.4, 0.5) is 30.7 Å². The van der Waals surface area contributed by atoms with Gasteiger partial charge in [-0.05, 0) is 47.0 Å². The highest BCUT2D eigenvalue weighted by molar-refractivity contribution is 5.93. The van der Waals surface area contributed by atoms with Crippen molar-refractivity contribution in [2.45, 2.75) is 26.1 Å². The van der Waals surface area contributed by atoms with Gasteiger partial charge in [-0.1, -0.05) is 25.5 Å². The second-order valence-corrected chi connectivity index (χ2v) is 8.81. The fourth-order valence-corrected chi connectivity index (χ4v) is 4.64. The Hall–Kier alpha value is -3.17. The Morgan fingerprint density at radius 1 is 0.694 bits per heavy atom. The average molecular weight is 508 g/mol. The predicted octanol–water partition coefficient (Wildman–Crippen LogP) is 8.10. The molecular weight excluding hydrogens is 489 g/mol. The van der Waals surface area contributed by atoms with Gasteiger partial charge >= 0.3 is 0 Å². The van der Waals surface area contributed by atoms with Gasteiger partial charge in [0.05, 0.1) is 24.0 Å². The first-order valence-electron chi connectivity index (χ1n) is 11.3.